The zero-order chi connectivity index (χ0) is 13.8. The molecule has 1 aromatic carbocycles. The van der Waals surface area contributed by atoms with E-state index in [1.165, 1.54) is 13.2 Å². The Kier molecular flexibility index (Phi) is 4.41. The first-order valence-electron chi connectivity index (χ1n) is 4.97. The molecule has 0 atom stereocenters. The van der Waals surface area contributed by atoms with E-state index in [1.54, 1.807) is 6.92 Å². The first-order chi connectivity index (χ1) is 8.35. The summed E-state index contributed by atoms with van der Waals surface area (Å²) in [5.41, 5.74) is -0.0737. The molecule has 0 aromatic heterocycles. The monoisotopic (exact) mass is 264 g/mol. The van der Waals surface area contributed by atoms with Crippen molar-refractivity contribution in [3.63, 3.8) is 0 Å². The maximum absolute atomic E-state index is 12.1. The van der Waals surface area contributed by atoms with Crippen molar-refractivity contribution in [1.82, 2.24) is 0 Å². The zero-order valence-electron chi connectivity index (χ0n) is 9.71. The lowest BCUT2D eigenvalue weighted by Crippen LogP contribution is -2.17. The van der Waals surface area contributed by atoms with Crippen LogP contribution in [0, 0.1) is 0 Å². The molecule has 7 heteroatoms. The maximum Gasteiger partial charge on any atom is 0.573 e. The zero-order valence-corrected chi connectivity index (χ0v) is 9.71. The first-order valence-corrected chi connectivity index (χ1v) is 4.97. The second-order valence-electron chi connectivity index (χ2n) is 3.17. The SMILES string of the molecule is CCOC(=O)c1cc(OC)cc(OC(F)(F)F)c1. The summed E-state index contributed by atoms with van der Waals surface area (Å²) in [6, 6.07) is 3.23. The van der Waals surface area contributed by atoms with Gasteiger partial charge in [0.25, 0.3) is 0 Å². The molecular formula is C11H11F3O4. The lowest BCUT2D eigenvalue weighted by atomic mass is 10.2. The summed E-state index contributed by atoms with van der Waals surface area (Å²) in [7, 11) is 1.27. The second kappa shape index (κ2) is 5.61. The predicted molar refractivity (Wildman–Crippen MR) is 55.6 cm³/mol. The van der Waals surface area contributed by atoms with Gasteiger partial charge in [0.2, 0.25) is 0 Å². The van der Waals surface area contributed by atoms with Gasteiger partial charge in [0.05, 0.1) is 19.3 Å². The highest BCUT2D eigenvalue weighted by atomic mass is 19.4. The number of carbonyl (C=O) groups is 1. The normalized spacial score (nSPS) is 10.9. The summed E-state index contributed by atoms with van der Waals surface area (Å²) < 4.78 is 49.4. The molecule has 0 N–H and O–H groups in total. The van der Waals surface area contributed by atoms with Gasteiger partial charge in [0.15, 0.2) is 0 Å². The molecule has 0 heterocycles. The van der Waals surface area contributed by atoms with E-state index in [4.69, 9.17) is 4.74 Å². The summed E-state index contributed by atoms with van der Waals surface area (Å²) in [6.45, 7) is 1.71. The van der Waals surface area contributed by atoms with E-state index in [0.29, 0.717) is 0 Å². The number of carbonyl (C=O) groups excluding carboxylic acids is 1. The van der Waals surface area contributed by atoms with Crippen molar-refractivity contribution in [3.8, 4) is 11.5 Å². The number of esters is 1. The topological polar surface area (TPSA) is 44.8 Å². The number of rotatable bonds is 4. The molecule has 0 unspecified atom stereocenters. The van der Waals surface area contributed by atoms with Gasteiger partial charge >= 0.3 is 12.3 Å². The first kappa shape index (κ1) is 14.1. The van der Waals surface area contributed by atoms with Crippen molar-refractivity contribution in [3.05, 3.63) is 23.8 Å². The smallest absolute Gasteiger partial charge is 0.497 e. The standard InChI is InChI=1S/C11H11F3O4/c1-3-17-10(15)7-4-8(16-2)6-9(5-7)18-11(12,13)14/h4-6H,3H2,1-2H3. The fourth-order valence-corrected chi connectivity index (χ4v) is 1.21. The molecule has 0 spiro atoms. The number of halogens is 3. The molecule has 100 valence electrons. The van der Waals surface area contributed by atoms with Gasteiger partial charge in [-0.2, -0.15) is 0 Å². The van der Waals surface area contributed by atoms with Gasteiger partial charge in [0.1, 0.15) is 11.5 Å². The molecule has 0 saturated heterocycles. The van der Waals surface area contributed by atoms with Crippen LogP contribution in [0.3, 0.4) is 0 Å². The van der Waals surface area contributed by atoms with Gasteiger partial charge in [-0.1, -0.05) is 0 Å². The van der Waals surface area contributed by atoms with Gasteiger partial charge in [0, 0.05) is 6.07 Å². The summed E-state index contributed by atoms with van der Waals surface area (Å²) in [5.74, 6) is -1.21. The van der Waals surface area contributed by atoms with Crippen LogP contribution in [0.1, 0.15) is 17.3 Å². The number of hydrogen-bond acceptors (Lipinski definition) is 4. The number of hydrogen-bond donors (Lipinski definition) is 0. The summed E-state index contributed by atoms with van der Waals surface area (Å²) >= 11 is 0. The molecule has 0 amide bonds. The summed E-state index contributed by atoms with van der Waals surface area (Å²) in [4.78, 5) is 11.4. The molecule has 0 aliphatic heterocycles. The van der Waals surface area contributed by atoms with Gasteiger partial charge in [-0.15, -0.1) is 13.2 Å². The molecule has 1 aromatic rings. The average Bonchev–Trinajstić information content (AvgIpc) is 2.26. The van der Waals surface area contributed by atoms with Crippen LogP contribution in [-0.4, -0.2) is 26.0 Å². The lowest BCUT2D eigenvalue weighted by molar-refractivity contribution is -0.274. The Morgan fingerprint density at radius 1 is 1.22 bits per heavy atom. The van der Waals surface area contributed by atoms with E-state index >= 15 is 0 Å². The van der Waals surface area contributed by atoms with Crippen molar-refractivity contribution in [2.24, 2.45) is 0 Å². The van der Waals surface area contributed by atoms with E-state index in [1.807, 2.05) is 0 Å². The molecule has 0 bridgehead atoms. The quantitative estimate of drug-likeness (QED) is 0.784. The van der Waals surface area contributed by atoms with Crippen LogP contribution < -0.4 is 9.47 Å². The Labute approximate surface area is 101 Å². The van der Waals surface area contributed by atoms with Crippen molar-refractivity contribution < 1.29 is 32.2 Å². The van der Waals surface area contributed by atoms with Crippen LogP contribution in [0.25, 0.3) is 0 Å². The summed E-state index contributed by atoms with van der Waals surface area (Å²) in [6.07, 6.45) is -4.84. The van der Waals surface area contributed by atoms with E-state index < -0.39 is 18.1 Å². The highest BCUT2D eigenvalue weighted by molar-refractivity contribution is 5.90. The molecule has 0 saturated carbocycles. The van der Waals surface area contributed by atoms with Crippen molar-refractivity contribution in [2.45, 2.75) is 13.3 Å². The van der Waals surface area contributed by atoms with Crippen molar-refractivity contribution >= 4 is 5.97 Å². The number of benzene rings is 1. The highest BCUT2D eigenvalue weighted by Gasteiger charge is 2.31. The van der Waals surface area contributed by atoms with Gasteiger partial charge in [-0.05, 0) is 19.1 Å². The third kappa shape index (κ3) is 4.15. The number of methoxy groups -OCH3 is 1. The van der Waals surface area contributed by atoms with E-state index in [9.17, 15) is 18.0 Å². The third-order valence-electron chi connectivity index (χ3n) is 1.86. The Bertz CT molecular complexity index is 429. The van der Waals surface area contributed by atoms with Gasteiger partial charge < -0.3 is 14.2 Å². The Morgan fingerprint density at radius 2 is 1.83 bits per heavy atom. The molecule has 4 nitrogen and oxygen atoms in total. The van der Waals surface area contributed by atoms with Crippen LogP contribution in [0.4, 0.5) is 13.2 Å². The Balaban J connectivity index is 3.05. The third-order valence-corrected chi connectivity index (χ3v) is 1.86. The predicted octanol–water partition coefficient (Wildman–Crippen LogP) is 2.77. The minimum Gasteiger partial charge on any atom is -0.497 e. The molecule has 18 heavy (non-hydrogen) atoms. The molecule has 1 rings (SSSR count). The van der Waals surface area contributed by atoms with Crippen molar-refractivity contribution in [2.75, 3.05) is 13.7 Å². The van der Waals surface area contributed by atoms with Crippen LogP contribution in [0.15, 0.2) is 18.2 Å². The Hall–Kier alpha value is -1.92. The molecule has 0 fully saturated rings. The lowest BCUT2D eigenvalue weighted by Gasteiger charge is -2.11. The van der Waals surface area contributed by atoms with Crippen LogP contribution in [0.2, 0.25) is 0 Å². The minimum absolute atomic E-state index is 0.0693. The Morgan fingerprint density at radius 3 is 2.33 bits per heavy atom. The largest absolute Gasteiger partial charge is 0.573 e. The molecule has 0 aliphatic rings. The molecular weight excluding hydrogens is 253 g/mol. The fraction of sp³-hybridized carbons (Fsp3) is 0.364. The number of alkyl halides is 3. The van der Waals surface area contributed by atoms with E-state index in [0.717, 1.165) is 12.1 Å². The second-order valence-corrected chi connectivity index (χ2v) is 3.17. The van der Waals surface area contributed by atoms with E-state index in [2.05, 4.69) is 9.47 Å². The highest BCUT2D eigenvalue weighted by Crippen LogP contribution is 2.28. The molecule has 0 aliphatic carbocycles. The van der Waals surface area contributed by atoms with Crippen LogP contribution in [0.5, 0.6) is 11.5 Å². The van der Waals surface area contributed by atoms with Gasteiger partial charge in [-0.25, -0.2) is 4.79 Å². The maximum atomic E-state index is 12.1. The fourth-order valence-electron chi connectivity index (χ4n) is 1.21. The van der Waals surface area contributed by atoms with Crippen molar-refractivity contribution in [1.29, 1.82) is 0 Å². The summed E-state index contributed by atoms with van der Waals surface area (Å²) in [5, 5.41) is 0. The number of ether oxygens (including phenoxy) is 3. The molecule has 0 radical (unpaired) electrons. The van der Waals surface area contributed by atoms with Crippen LogP contribution in [-0.2, 0) is 4.74 Å². The van der Waals surface area contributed by atoms with Crippen LogP contribution >= 0.6 is 0 Å². The minimum atomic E-state index is -4.84. The van der Waals surface area contributed by atoms with E-state index in [-0.39, 0.29) is 17.9 Å². The van der Waals surface area contributed by atoms with Gasteiger partial charge in [-0.3, -0.25) is 0 Å². The average molecular weight is 264 g/mol.